The summed E-state index contributed by atoms with van der Waals surface area (Å²) in [4.78, 5) is 11.0. The predicted molar refractivity (Wildman–Crippen MR) is 59.1 cm³/mol. The highest BCUT2D eigenvalue weighted by atomic mass is 16.5. The van der Waals surface area contributed by atoms with Crippen molar-refractivity contribution in [1.29, 1.82) is 0 Å². The van der Waals surface area contributed by atoms with E-state index in [1.807, 2.05) is 0 Å². The van der Waals surface area contributed by atoms with E-state index in [0.29, 0.717) is 18.1 Å². The van der Waals surface area contributed by atoms with Crippen LogP contribution >= 0.6 is 0 Å². The largest absolute Gasteiger partial charge is 0.462 e. The highest BCUT2D eigenvalue weighted by Gasteiger charge is 2.05. The van der Waals surface area contributed by atoms with Crippen LogP contribution in [0.4, 0.5) is 0 Å². The molecule has 1 unspecified atom stereocenters. The Balaban J connectivity index is 3.44. The number of carbonyl (C=O) groups is 1. The zero-order chi connectivity index (χ0) is 11.0. The van der Waals surface area contributed by atoms with Gasteiger partial charge in [0.2, 0.25) is 0 Å². The van der Waals surface area contributed by atoms with Crippen LogP contribution in [0.25, 0.3) is 0 Å². The first-order chi connectivity index (χ1) is 6.57. The summed E-state index contributed by atoms with van der Waals surface area (Å²) in [5.74, 6) is 0.376. The molecule has 0 N–H and O–H groups in total. The first-order valence-corrected chi connectivity index (χ1v) is 5.40. The quantitative estimate of drug-likeness (QED) is 0.463. The molecule has 0 radical (unpaired) electrons. The second-order valence-electron chi connectivity index (χ2n) is 3.95. The topological polar surface area (TPSA) is 26.3 Å². The molecule has 0 amide bonds. The van der Waals surface area contributed by atoms with E-state index in [-0.39, 0.29) is 5.97 Å². The standard InChI is InChI=1S/C12H22O2/c1-5-6-7-11(4)8-9-14-12(13)10(2)3/h11H,2,5-9H2,1,3-4H3. The smallest absolute Gasteiger partial charge is 0.333 e. The van der Waals surface area contributed by atoms with Crippen LogP contribution < -0.4 is 0 Å². The third-order valence-corrected chi connectivity index (χ3v) is 2.24. The molecule has 0 bridgehead atoms. The van der Waals surface area contributed by atoms with Gasteiger partial charge in [0.25, 0.3) is 0 Å². The van der Waals surface area contributed by atoms with Gasteiger partial charge in [0.1, 0.15) is 0 Å². The van der Waals surface area contributed by atoms with Crippen molar-refractivity contribution in [1.82, 2.24) is 0 Å². The van der Waals surface area contributed by atoms with Crippen molar-refractivity contribution in [3.8, 4) is 0 Å². The molecule has 2 nitrogen and oxygen atoms in total. The molecule has 0 saturated carbocycles. The average Bonchev–Trinajstić information content (AvgIpc) is 2.14. The Morgan fingerprint density at radius 3 is 2.57 bits per heavy atom. The fourth-order valence-corrected chi connectivity index (χ4v) is 1.17. The van der Waals surface area contributed by atoms with Crippen LogP contribution in [0.5, 0.6) is 0 Å². The first-order valence-electron chi connectivity index (χ1n) is 5.40. The fourth-order valence-electron chi connectivity index (χ4n) is 1.17. The lowest BCUT2D eigenvalue weighted by atomic mass is 10.0. The maximum atomic E-state index is 11.0. The molecular weight excluding hydrogens is 176 g/mol. The average molecular weight is 198 g/mol. The molecule has 0 rings (SSSR count). The van der Waals surface area contributed by atoms with Gasteiger partial charge in [-0.2, -0.15) is 0 Å². The van der Waals surface area contributed by atoms with Gasteiger partial charge < -0.3 is 4.74 Å². The van der Waals surface area contributed by atoms with Gasteiger partial charge in [-0.15, -0.1) is 0 Å². The van der Waals surface area contributed by atoms with Crippen LogP contribution in [0.15, 0.2) is 12.2 Å². The molecule has 82 valence electrons. The summed E-state index contributed by atoms with van der Waals surface area (Å²) in [6.45, 7) is 10.1. The molecule has 0 fully saturated rings. The van der Waals surface area contributed by atoms with Crippen molar-refractivity contribution >= 4 is 5.97 Å². The number of esters is 1. The summed E-state index contributed by atoms with van der Waals surface area (Å²) in [6.07, 6.45) is 4.67. The maximum absolute atomic E-state index is 11.0. The second kappa shape index (κ2) is 7.60. The van der Waals surface area contributed by atoms with Crippen LogP contribution in [0.1, 0.15) is 46.5 Å². The zero-order valence-corrected chi connectivity index (χ0v) is 9.64. The van der Waals surface area contributed by atoms with Gasteiger partial charge in [-0.05, 0) is 19.3 Å². The number of carbonyl (C=O) groups excluding carboxylic acids is 1. The van der Waals surface area contributed by atoms with Crippen molar-refractivity contribution < 1.29 is 9.53 Å². The number of rotatable bonds is 7. The van der Waals surface area contributed by atoms with E-state index in [1.54, 1.807) is 6.92 Å². The summed E-state index contributed by atoms with van der Waals surface area (Å²) in [5, 5.41) is 0. The number of ether oxygens (including phenoxy) is 1. The molecule has 0 aliphatic carbocycles. The molecule has 0 aliphatic rings. The summed E-state index contributed by atoms with van der Waals surface area (Å²) >= 11 is 0. The van der Waals surface area contributed by atoms with Gasteiger partial charge in [-0.3, -0.25) is 0 Å². The van der Waals surface area contributed by atoms with Crippen molar-refractivity contribution in [2.45, 2.75) is 46.5 Å². The van der Waals surface area contributed by atoms with E-state index in [0.717, 1.165) is 6.42 Å². The molecule has 0 aromatic carbocycles. The van der Waals surface area contributed by atoms with Gasteiger partial charge in [0.05, 0.1) is 6.61 Å². The Morgan fingerprint density at radius 1 is 1.43 bits per heavy atom. The third-order valence-electron chi connectivity index (χ3n) is 2.24. The summed E-state index contributed by atoms with van der Waals surface area (Å²) in [6, 6.07) is 0. The van der Waals surface area contributed by atoms with E-state index in [4.69, 9.17) is 4.74 Å². The van der Waals surface area contributed by atoms with Crippen LogP contribution in [-0.4, -0.2) is 12.6 Å². The lowest BCUT2D eigenvalue weighted by molar-refractivity contribution is -0.139. The lowest BCUT2D eigenvalue weighted by Crippen LogP contribution is -2.09. The van der Waals surface area contributed by atoms with E-state index in [9.17, 15) is 4.79 Å². The van der Waals surface area contributed by atoms with E-state index in [1.165, 1.54) is 19.3 Å². The molecule has 0 aromatic rings. The highest BCUT2D eigenvalue weighted by molar-refractivity contribution is 5.86. The van der Waals surface area contributed by atoms with Gasteiger partial charge in [-0.25, -0.2) is 4.79 Å². The number of hydrogen-bond acceptors (Lipinski definition) is 2. The minimum absolute atomic E-state index is 0.271. The molecule has 0 heterocycles. The van der Waals surface area contributed by atoms with Crippen LogP contribution in [0.3, 0.4) is 0 Å². The number of hydrogen-bond donors (Lipinski definition) is 0. The van der Waals surface area contributed by atoms with Crippen molar-refractivity contribution in [2.75, 3.05) is 6.61 Å². The van der Waals surface area contributed by atoms with Crippen molar-refractivity contribution in [2.24, 2.45) is 5.92 Å². The maximum Gasteiger partial charge on any atom is 0.333 e. The summed E-state index contributed by atoms with van der Waals surface area (Å²) in [5.41, 5.74) is 0.478. The lowest BCUT2D eigenvalue weighted by Gasteiger charge is -2.10. The van der Waals surface area contributed by atoms with E-state index < -0.39 is 0 Å². The van der Waals surface area contributed by atoms with Gasteiger partial charge in [-0.1, -0.05) is 39.7 Å². The molecule has 0 spiro atoms. The molecular formula is C12H22O2. The molecule has 0 aliphatic heterocycles. The van der Waals surface area contributed by atoms with Crippen molar-refractivity contribution in [3.05, 3.63) is 12.2 Å². The molecule has 1 atom stereocenters. The SMILES string of the molecule is C=C(C)C(=O)OCCC(C)CCCC. The minimum atomic E-state index is -0.271. The van der Waals surface area contributed by atoms with Gasteiger partial charge >= 0.3 is 5.97 Å². The van der Waals surface area contributed by atoms with E-state index in [2.05, 4.69) is 20.4 Å². The molecule has 2 heteroatoms. The molecule has 0 aromatic heterocycles. The van der Waals surface area contributed by atoms with Crippen LogP contribution in [-0.2, 0) is 9.53 Å². The monoisotopic (exact) mass is 198 g/mol. The number of unbranched alkanes of at least 4 members (excludes halogenated alkanes) is 1. The van der Waals surface area contributed by atoms with Crippen molar-refractivity contribution in [3.63, 3.8) is 0 Å². The Kier molecular flexibility index (Phi) is 7.17. The Labute approximate surface area is 87.3 Å². The molecule has 0 saturated heterocycles. The van der Waals surface area contributed by atoms with E-state index >= 15 is 0 Å². The first kappa shape index (κ1) is 13.2. The van der Waals surface area contributed by atoms with Gasteiger partial charge in [0.15, 0.2) is 0 Å². The summed E-state index contributed by atoms with van der Waals surface area (Å²) < 4.78 is 5.02. The van der Waals surface area contributed by atoms with Crippen LogP contribution in [0.2, 0.25) is 0 Å². The Bertz CT molecular complexity index is 185. The highest BCUT2D eigenvalue weighted by Crippen LogP contribution is 2.11. The van der Waals surface area contributed by atoms with Crippen LogP contribution in [0, 0.1) is 5.92 Å². The predicted octanol–water partition coefficient (Wildman–Crippen LogP) is 3.32. The minimum Gasteiger partial charge on any atom is -0.462 e. The zero-order valence-electron chi connectivity index (χ0n) is 9.64. The fraction of sp³-hybridized carbons (Fsp3) is 0.750. The second-order valence-corrected chi connectivity index (χ2v) is 3.95. The summed E-state index contributed by atoms with van der Waals surface area (Å²) in [7, 11) is 0. The van der Waals surface area contributed by atoms with Gasteiger partial charge in [0, 0.05) is 5.57 Å². The molecule has 14 heavy (non-hydrogen) atoms. The normalized spacial score (nSPS) is 12.2. The Hall–Kier alpha value is -0.790. The Morgan fingerprint density at radius 2 is 2.07 bits per heavy atom. The third kappa shape index (κ3) is 6.70.